The Morgan fingerprint density at radius 1 is 1.17 bits per heavy atom. The van der Waals surface area contributed by atoms with Gasteiger partial charge in [-0.15, -0.1) is 0 Å². The van der Waals surface area contributed by atoms with Crippen LogP contribution in [0.3, 0.4) is 0 Å². The van der Waals surface area contributed by atoms with Gasteiger partial charge < -0.3 is 10.5 Å². The summed E-state index contributed by atoms with van der Waals surface area (Å²) in [4.78, 5) is 18.5. The Hall–Kier alpha value is -2.58. The van der Waals surface area contributed by atoms with Crippen LogP contribution in [0.1, 0.15) is 13.3 Å². The molecule has 4 aromatic rings. The fourth-order valence-electron chi connectivity index (χ4n) is 2.78. The van der Waals surface area contributed by atoms with E-state index in [1.165, 1.54) is 0 Å². The van der Waals surface area contributed by atoms with Crippen molar-refractivity contribution < 1.29 is 9.53 Å². The number of aromatic nitrogens is 4. The fraction of sp³-hybridized carbons (Fsp3) is 0.143. The van der Waals surface area contributed by atoms with E-state index >= 15 is 0 Å². The molecule has 4 rings (SSSR count). The molecule has 0 saturated heterocycles. The van der Waals surface area contributed by atoms with Gasteiger partial charge in [0.1, 0.15) is 17.8 Å². The third-order valence-electron chi connectivity index (χ3n) is 4.30. The van der Waals surface area contributed by atoms with Gasteiger partial charge in [-0.25, -0.2) is 14.4 Å². The molecule has 30 heavy (non-hydrogen) atoms. The first-order valence-corrected chi connectivity index (χ1v) is 13.2. The van der Waals surface area contributed by atoms with Crippen molar-refractivity contribution in [2.75, 3.05) is 7.11 Å². The van der Waals surface area contributed by atoms with Gasteiger partial charge in [0.2, 0.25) is 5.91 Å². The van der Waals surface area contributed by atoms with Gasteiger partial charge in [0.25, 0.3) is 0 Å². The maximum atomic E-state index is 9.59. The first-order chi connectivity index (χ1) is 14.6. The van der Waals surface area contributed by atoms with Crippen LogP contribution in [-0.4, -0.2) is 32.5 Å². The van der Waals surface area contributed by atoms with Crippen molar-refractivity contribution in [1.29, 1.82) is 0 Å². The predicted molar refractivity (Wildman–Crippen MR) is 130 cm³/mol. The maximum Gasteiger partial charge on any atom is 0.217 e. The van der Waals surface area contributed by atoms with Crippen molar-refractivity contribution in [3.05, 3.63) is 61.1 Å². The van der Waals surface area contributed by atoms with Crippen LogP contribution < -0.4 is 10.5 Å². The third kappa shape index (κ3) is 5.12. The Balaban J connectivity index is 0.000000461. The fourth-order valence-corrected chi connectivity index (χ4v) is 3.84. The molecule has 1 amide bonds. The number of amides is 1. The standard InChI is InChI=1S/C18H14IN4OP.C3H7NO/c1-24-13-7-8-14-16(9-13)20-11-21-18(14)15-10-23(25-19)22-17(15)12-5-3-2-4-6-12;1-2-3(4)5/h2-11,25H,1H3;2H2,1H3,(H2,4,5). The molecule has 0 aliphatic rings. The van der Waals surface area contributed by atoms with E-state index in [4.69, 9.17) is 9.84 Å². The molecule has 2 heterocycles. The Labute approximate surface area is 189 Å². The minimum Gasteiger partial charge on any atom is -0.497 e. The van der Waals surface area contributed by atoms with Gasteiger partial charge in [-0.1, -0.05) is 37.3 Å². The Bertz CT molecular complexity index is 1150. The van der Waals surface area contributed by atoms with Crippen molar-refractivity contribution in [3.63, 3.8) is 0 Å². The smallest absolute Gasteiger partial charge is 0.217 e. The molecule has 2 aromatic heterocycles. The average molecular weight is 533 g/mol. The number of ether oxygens (including phenoxy) is 1. The van der Waals surface area contributed by atoms with Crippen LogP contribution in [0.4, 0.5) is 0 Å². The summed E-state index contributed by atoms with van der Waals surface area (Å²) >= 11 is 2.33. The summed E-state index contributed by atoms with van der Waals surface area (Å²) in [6.45, 7) is 1.72. The summed E-state index contributed by atoms with van der Waals surface area (Å²) in [7, 11) is 1.65. The first kappa shape index (κ1) is 22.1. The van der Waals surface area contributed by atoms with E-state index in [9.17, 15) is 4.79 Å². The average Bonchev–Trinajstić information content (AvgIpc) is 3.23. The zero-order chi connectivity index (χ0) is 21.5. The molecule has 9 heteroatoms. The number of hydrogen-bond acceptors (Lipinski definition) is 5. The number of hydrogen-bond donors (Lipinski definition) is 1. The van der Waals surface area contributed by atoms with E-state index in [1.54, 1.807) is 20.4 Å². The molecule has 154 valence electrons. The lowest BCUT2D eigenvalue weighted by Crippen LogP contribution is -2.06. The molecular formula is C21H21IN5O2P. The van der Waals surface area contributed by atoms with Gasteiger partial charge in [-0.3, -0.25) is 4.79 Å². The van der Waals surface area contributed by atoms with Crippen LogP contribution in [0.5, 0.6) is 5.75 Å². The highest BCUT2D eigenvalue weighted by Gasteiger charge is 2.17. The first-order valence-electron chi connectivity index (χ1n) is 9.16. The highest BCUT2D eigenvalue weighted by molar-refractivity contribution is 14.2. The van der Waals surface area contributed by atoms with Gasteiger partial charge in [-0.05, 0) is 34.2 Å². The van der Waals surface area contributed by atoms with Crippen molar-refractivity contribution in [3.8, 4) is 28.3 Å². The second-order valence-electron chi connectivity index (χ2n) is 6.21. The van der Waals surface area contributed by atoms with Gasteiger partial charge in [-0.2, -0.15) is 5.10 Å². The second-order valence-corrected chi connectivity index (χ2v) is 8.29. The molecule has 0 fully saturated rings. The van der Waals surface area contributed by atoms with E-state index in [-0.39, 0.29) is 5.91 Å². The number of methoxy groups -OCH3 is 1. The Morgan fingerprint density at radius 3 is 2.53 bits per heavy atom. The van der Waals surface area contributed by atoms with Crippen LogP contribution in [0.15, 0.2) is 61.1 Å². The van der Waals surface area contributed by atoms with Crippen LogP contribution in [0.2, 0.25) is 0 Å². The summed E-state index contributed by atoms with van der Waals surface area (Å²) in [6.07, 6.45) is 4.62. The zero-order valence-corrected chi connectivity index (χ0v) is 19.7. The Morgan fingerprint density at radius 2 is 1.90 bits per heavy atom. The number of carbonyl (C=O) groups excluding carboxylic acids is 1. The number of rotatable bonds is 5. The SMILES string of the molecule is CCC(N)=O.COc1ccc2c(-c3cn(PI)nc3-c3ccccc3)ncnc2c1. The highest BCUT2D eigenvalue weighted by atomic mass is 127. The molecule has 0 saturated carbocycles. The largest absolute Gasteiger partial charge is 0.497 e. The highest BCUT2D eigenvalue weighted by Crippen LogP contribution is 2.37. The van der Waals surface area contributed by atoms with Crippen LogP contribution in [0.25, 0.3) is 33.4 Å². The molecule has 2 N–H and O–H groups in total. The minimum atomic E-state index is -0.245. The van der Waals surface area contributed by atoms with Crippen LogP contribution in [-0.2, 0) is 4.79 Å². The summed E-state index contributed by atoms with van der Waals surface area (Å²) in [5.74, 6) is 0.537. The van der Waals surface area contributed by atoms with Crippen LogP contribution in [0, 0.1) is 0 Å². The predicted octanol–water partition coefficient (Wildman–Crippen LogP) is 4.84. The van der Waals surface area contributed by atoms with E-state index in [2.05, 4.69) is 56.1 Å². The zero-order valence-electron chi connectivity index (χ0n) is 16.5. The van der Waals surface area contributed by atoms with Gasteiger partial charge in [0, 0.05) is 35.2 Å². The van der Waals surface area contributed by atoms with E-state index < -0.39 is 0 Å². The van der Waals surface area contributed by atoms with Gasteiger partial charge in [0.05, 0.1) is 24.7 Å². The second kappa shape index (κ2) is 10.4. The van der Waals surface area contributed by atoms with Crippen molar-refractivity contribution in [2.24, 2.45) is 5.73 Å². The van der Waals surface area contributed by atoms with E-state index in [0.29, 0.717) is 12.8 Å². The molecule has 1 unspecified atom stereocenters. The normalized spacial score (nSPS) is 10.8. The monoisotopic (exact) mass is 533 g/mol. The molecule has 0 aliphatic heterocycles. The number of primary amides is 1. The molecule has 7 nitrogen and oxygen atoms in total. The van der Waals surface area contributed by atoms with E-state index in [1.807, 2.05) is 40.9 Å². The Kier molecular flexibility index (Phi) is 7.70. The molecule has 0 aliphatic carbocycles. The maximum absolute atomic E-state index is 9.59. The summed E-state index contributed by atoms with van der Waals surface area (Å²) in [6, 6.07) is 16.0. The summed E-state index contributed by atoms with van der Waals surface area (Å²) in [5.41, 5.74) is 9.40. The molecular weight excluding hydrogens is 512 g/mol. The molecule has 0 bridgehead atoms. The van der Waals surface area contributed by atoms with Gasteiger partial charge >= 0.3 is 0 Å². The van der Waals surface area contributed by atoms with Crippen molar-refractivity contribution in [1.82, 2.24) is 19.5 Å². The number of carbonyl (C=O) groups is 1. The van der Waals surface area contributed by atoms with Crippen molar-refractivity contribution in [2.45, 2.75) is 13.3 Å². The minimum absolute atomic E-state index is 0.245. The van der Waals surface area contributed by atoms with Gasteiger partial charge in [0.15, 0.2) is 0 Å². The number of nitrogens with two attached hydrogens (primary N) is 1. The lowest BCUT2D eigenvalue weighted by molar-refractivity contribution is -0.117. The topological polar surface area (TPSA) is 95.9 Å². The summed E-state index contributed by atoms with van der Waals surface area (Å²) in [5, 5.41) is 5.74. The number of nitrogens with zero attached hydrogens (tertiary/aromatic N) is 4. The molecule has 0 radical (unpaired) electrons. The quantitative estimate of drug-likeness (QED) is 0.293. The van der Waals surface area contributed by atoms with Crippen molar-refractivity contribution >= 4 is 45.2 Å². The lowest BCUT2D eigenvalue weighted by atomic mass is 10.0. The number of halogens is 1. The molecule has 2 aromatic carbocycles. The molecule has 1 atom stereocenters. The molecule has 0 spiro atoms. The van der Waals surface area contributed by atoms with Crippen LogP contribution >= 0.6 is 28.4 Å². The lowest BCUT2D eigenvalue weighted by Gasteiger charge is -2.07. The van der Waals surface area contributed by atoms with E-state index in [0.717, 1.165) is 39.2 Å². The number of benzene rings is 2. The summed E-state index contributed by atoms with van der Waals surface area (Å²) < 4.78 is 7.26. The number of fused-ring (bicyclic) bond motifs is 1. The third-order valence-corrected chi connectivity index (χ3v) is 6.18.